The summed E-state index contributed by atoms with van der Waals surface area (Å²) in [5.41, 5.74) is 6.42. The Morgan fingerprint density at radius 3 is 2.48 bits per heavy atom. The summed E-state index contributed by atoms with van der Waals surface area (Å²) in [5.74, 6) is -0.522. The van der Waals surface area contributed by atoms with E-state index in [1.54, 1.807) is 11.6 Å². The van der Waals surface area contributed by atoms with Crippen LogP contribution in [0.5, 0.6) is 0 Å². The van der Waals surface area contributed by atoms with Gasteiger partial charge in [-0.25, -0.2) is 5.48 Å². The number of para-hydroxylation sites is 1. The highest BCUT2D eigenvalue weighted by Gasteiger charge is 2.18. The topological polar surface area (TPSA) is 55.8 Å². The minimum atomic E-state index is -0.522. The maximum atomic E-state index is 11.3. The molecule has 27 heavy (non-hydrogen) atoms. The molecule has 0 unspecified atom stereocenters. The number of nitrogens with zero attached hydrogens (tertiary/aromatic N) is 2. The lowest BCUT2D eigenvalue weighted by Crippen LogP contribution is -2.47. The molecule has 1 aliphatic rings. The molecule has 0 saturated carbocycles. The zero-order valence-electron chi connectivity index (χ0n) is 15.8. The fourth-order valence-corrected chi connectivity index (χ4v) is 3.37. The van der Waals surface area contributed by atoms with Crippen LogP contribution >= 0.6 is 0 Å². The van der Waals surface area contributed by atoms with Gasteiger partial charge in [0.1, 0.15) is 0 Å². The van der Waals surface area contributed by atoms with Crippen molar-refractivity contribution in [2.75, 3.05) is 37.6 Å². The van der Waals surface area contributed by atoms with Crippen molar-refractivity contribution in [1.82, 2.24) is 10.4 Å². The molecule has 1 amide bonds. The first-order valence-corrected chi connectivity index (χ1v) is 9.40. The molecule has 2 aromatic carbocycles. The Morgan fingerprint density at radius 1 is 1.07 bits per heavy atom. The monoisotopic (exact) mass is 365 g/mol. The summed E-state index contributed by atoms with van der Waals surface area (Å²) in [6, 6.07) is 16.8. The lowest BCUT2D eigenvalue weighted by Gasteiger charge is -2.36. The summed E-state index contributed by atoms with van der Waals surface area (Å²) in [6.45, 7) is 7.18. The van der Waals surface area contributed by atoms with E-state index in [-0.39, 0.29) is 0 Å². The van der Waals surface area contributed by atoms with Crippen molar-refractivity contribution in [2.24, 2.45) is 0 Å². The first kappa shape index (κ1) is 19.1. The highest BCUT2D eigenvalue weighted by Crippen LogP contribution is 2.23. The first-order chi connectivity index (χ1) is 13.2. The Hall–Kier alpha value is -2.63. The largest absolute Gasteiger partial charge is 0.368 e. The van der Waals surface area contributed by atoms with Crippen molar-refractivity contribution in [3.63, 3.8) is 0 Å². The van der Waals surface area contributed by atoms with Crippen LogP contribution in [0.2, 0.25) is 0 Å². The van der Waals surface area contributed by atoms with Gasteiger partial charge in [0.25, 0.3) is 5.91 Å². The maximum Gasteiger partial charge on any atom is 0.267 e. The summed E-state index contributed by atoms with van der Waals surface area (Å²) >= 11 is 0. The summed E-state index contributed by atoms with van der Waals surface area (Å²) < 4.78 is 0. The number of carbonyl (C=O) groups is 1. The molecule has 0 aliphatic carbocycles. The van der Waals surface area contributed by atoms with Gasteiger partial charge in [0.05, 0.1) is 0 Å². The van der Waals surface area contributed by atoms with E-state index in [1.165, 1.54) is 17.2 Å². The van der Waals surface area contributed by atoms with Gasteiger partial charge in [-0.1, -0.05) is 48.0 Å². The predicted octanol–water partition coefficient (Wildman–Crippen LogP) is 2.88. The Labute approximate surface area is 160 Å². The number of hydrogen-bond acceptors (Lipinski definition) is 4. The molecular weight excluding hydrogens is 338 g/mol. The average Bonchev–Trinajstić information content (AvgIpc) is 2.72. The van der Waals surface area contributed by atoms with Crippen molar-refractivity contribution in [1.29, 1.82) is 0 Å². The van der Waals surface area contributed by atoms with E-state index in [0.29, 0.717) is 0 Å². The van der Waals surface area contributed by atoms with Crippen LogP contribution in [0.1, 0.15) is 16.7 Å². The van der Waals surface area contributed by atoms with Gasteiger partial charge >= 0.3 is 0 Å². The second kappa shape index (κ2) is 9.35. The fraction of sp³-hybridized carbons (Fsp3) is 0.318. The van der Waals surface area contributed by atoms with Crippen molar-refractivity contribution < 1.29 is 10.0 Å². The lowest BCUT2D eigenvalue weighted by atomic mass is 10.1. The molecule has 1 saturated heterocycles. The number of hydroxylamine groups is 1. The van der Waals surface area contributed by atoms with Crippen LogP contribution in [0, 0.1) is 6.92 Å². The van der Waals surface area contributed by atoms with Gasteiger partial charge in [0.15, 0.2) is 0 Å². The molecule has 5 heteroatoms. The maximum absolute atomic E-state index is 11.3. The van der Waals surface area contributed by atoms with E-state index in [2.05, 4.69) is 47.1 Å². The molecule has 0 radical (unpaired) electrons. The van der Waals surface area contributed by atoms with Crippen LogP contribution in [-0.2, 0) is 11.2 Å². The van der Waals surface area contributed by atoms with Gasteiger partial charge in [-0.15, -0.1) is 0 Å². The Kier molecular flexibility index (Phi) is 6.63. The van der Waals surface area contributed by atoms with Gasteiger partial charge < -0.3 is 4.90 Å². The van der Waals surface area contributed by atoms with Crippen LogP contribution in [0.4, 0.5) is 5.69 Å². The van der Waals surface area contributed by atoms with Gasteiger partial charge in [-0.05, 0) is 36.6 Å². The SMILES string of the molecule is Cc1ccc(CCN2CCN(c3ccccc3/C=C/C(=O)NO)CC2)cc1. The molecule has 0 bridgehead atoms. The lowest BCUT2D eigenvalue weighted by molar-refractivity contribution is -0.124. The van der Waals surface area contributed by atoms with Gasteiger partial charge in [-0.3, -0.25) is 14.9 Å². The molecule has 0 aromatic heterocycles. The number of amides is 1. The number of piperazine rings is 1. The van der Waals surface area contributed by atoms with Crippen molar-refractivity contribution in [2.45, 2.75) is 13.3 Å². The summed E-state index contributed by atoms with van der Waals surface area (Å²) in [7, 11) is 0. The number of rotatable bonds is 6. The second-order valence-electron chi connectivity index (χ2n) is 6.93. The van der Waals surface area contributed by atoms with Gasteiger partial charge in [0.2, 0.25) is 0 Å². The van der Waals surface area contributed by atoms with Gasteiger partial charge in [0, 0.05) is 44.5 Å². The molecule has 1 heterocycles. The number of aryl methyl sites for hydroxylation is 1. The Bertz CT molecular complexity index is 778. The molecule has 5 nitrogen and oxygen atoms in total. The van der Waals surface area contributed by atoms with Crippen molar-refractivity contribution >= 4 is 17.7 Å². The Balaban J connectivity index is 1.55. The minimum Gasteiger partial charge on any atom is -0.368 e. The summed E-state index contributed by atoms with van der Waals surface area (Å²) in [5, 5.41) is 8.64. The quantitative estimate of drug-likeness (QED) is 0.470. The standard InChI is InChI=1S/C22H27N3O2/c1-18-6-8-19(9-7-18)12-13-24-14-16-25(17-15-24)21-5-3-2-4-20(21)10-11-22(26)23-27/h2-11,27H,12-17H2,1H3,(H,23,26)/b11-10+. The second-order valence-corrected chi connectivity index (χ2v) is 6.93. The fourth-order valence-electron chi connectivity index (χ4n) is 3.37. The van der Waals surface area contributed by atoms with E-state index in [4.69, 9.17) is 5.21 Å². The number of anilines is 1. The van der Waals surface area contributed by atoms with E-state index in [1.807, 2.05) is 18.2 Å². The van der Waals surface area contributed by atoms with E-state index in [9.17, 15) is 4.79 Å². The highest BCUT2D eigenvalue weighted by atomic mass is 16.5. The Morgan fingerprint density at radius 2 is 1.78 bits per heavy atom. The number of benzene rings is 2. The average molecular weight is 365 g/mol. The molecule has 0 spiro atoms. The molecule has 1 aliphatic heterocycles. The van der Waals surface area contributed by atoms with Crippen LogP contribution in [0.15, 0.2) is 54.6 Å². The van der Waals surface area contributed by atoms with E-state index >= 15 is 0 Å². The zero-order chi connectivity index (χ0) is 19.1. The third kappa shape index (κ3) is 5.42. The molecular formula is C22H27N3O2. The number of carbonyl (C=O) groups excluding carboxylic acids is 1. The van der Waals surface area contributed by atoms with Crippen LogP contribution in [-0.4, -0.2) is 48.7 Å². The zero-order valence-corrected chi connectivity index (χ0v) is 15.8. The summed E-state index contributed by atoms with van der Waals surface area (Å²) in [6.07, 6.45) is 4.16. The van der Waals surface area contributed by atoms with Gasteiger partial charge in [-0.2, -0.15) is 0 Å². The predicted molar refractivity (Wildman–Crippen MR) is 109 cm³/mol. The summed E-state index contributed by atoms with van der Waals surface area (Å²) in [4.78, 5) is 16.1. The molecule has 1 fully saturated rings. The third-order valence-corrected chi connectivity index (χ3v) is 5.01. The van der Waals surface area contributed by atoms with Crippen LogP contribution in [0.3, 0.4) is 0 Å². The minimum absolute atomic E-state index is 0.522. The van der Waals surface area contributed by atoms with E-state index in [0.717, 1.165) is 50.4 Å². The number of hydrogen-bond donors (Lipinski definition) is 2. The molecule has 3 rings (SSSR count). The molecule has 2 aromatic rings. The van der Waals surface area contributed by atoms with E-state index < -0.39 is 5.91 Å². The molecule has 0 atom stereocenters. The first-order valence-electron chi connectivity index (χ1n) is 9.40. The molecule has 142 valence electrons. The van der Waals surface area contributed by atoms with Crippen molar-refractivity contribution in [3.8, 4) is 0 Å². The third-order valence-electron chi connectivity index (χ3n) is 5.01. The molecule has 2 N–H and O–H groups in total. The smallest absolute Gasteiger partial charge is 0.267 e. The highest BCUT2D eigenvalue weighted by molar-refractivity contribution is 5.91. The van der Waals surface area contributed by atoms with Crippen LogP contribution < -0.4 is 10.4 Å². The van der Waals surface area contributed by atoms with Crippen LogP contribution in [0.25, 0.3) is 6.08 Å². The normalized spacial score (nSPS) is 15.3. The number of nitrogens with one attached hydrogen (secondary N) is 1. The van der Waals surface area contributed by atoms with Crippen molar-refractivity contribution in [3.05, 3.63) is 71.3 Å².